The van der Waals surface area contributed by atoms with Gasteiger partial charge in [-0.15, -0.1) is 0 Å². The van der Waals surface area contributed by atoms with E-state index < -0.39 is 11.9 Å². The number of carboxylic acids is 1. The lowest BCUT2D eigenvalue weighted by atomic mass is 9.93. The lowest BCUT2D eigenvalue weighted by Gasteiger charge is -2.21. The topological polar surface area (TPSA) is 49.3 Å². The number of hydrogen-bond donors (Lipinski definition) is 2. The Bertz CT molecular complexity index is 393. The van der Waals surface area contributed by atoms with Gasteiger partial charge in [-0.2, -0.15) is 0 Å². The maximum atomic E-state index is 13.1. The fourth-order valence-corrected chi connectivity index (χ4v) is 1.71. The minimum atomic E-state index is -0.874. The Morgan fingerprint density at radius 3 is 2.56 bits per heavy atom. The molecule has 0 saturated carbocycles. The smallest absolute Gasteiger partial charge is 0.308 e. The van der Waals surface area contributed by atoms with Gasteiger partial charge in [-0.05, 0) is 31.2 Å². The first-order valence-electron chi connectivity index (χ1n) is 5.13. The van der Waals surface area contributed by atoms with E-state index in [4.69, 9.17) is 5.11 Å². The molecule has 1 aromatic rings. The lowest BCUT2D eigenvalue weighted by Crippen LogP contribution is -2.28. The highest BCUT2D eigenvalue weighted by Gasteiger charge is 2.23. The van der Waals surface area contributed by atoms with Crippen molar-refractivity contribution in [3.8, 4) is 0 Å². The van der Waals surface area contributed by atoms with Crippen LogP contribution in [0.3, 0.4) is 0 Å². The van der Waals surface area contributed by atoms with E-state index in [0.717, 1.165) is 5.56 Å². The number of nitrogens with one attached hydrogen (secondary N) is 1. The third-order valence-electron chi connectivity index (χ3n) is 2.74. The van der Waals surface area contributed by atoms with Crippen molar-refractivity contribution in [2.24, 2.45) is 5.92 Å². The van der Waals surface area contributed by atoms with E-state index in [1.807, 2.05) is 0 Å². The summed E-state index contributed by atoms with van der Waals surface area (Å²) in [4.78, 5) is 10.9. The molecule has 0 aliphatic heterocycles. The second-order valence-corrected chi connectivity index (χ2v) is 3.90. The Morgan fingerprint density at radius 2 is 2.12 bits per heavy atom. The summed E-state index contributed by atoms with van der Waals surface area (Å²) in [5, 5.41) is 11.9. The number of rotatable bonds is 4. The van der Waals surface area contributed by atoms with Crippen LogP contribution in [0.2, 0.25) is 0 Å². The van der Waals surface area contributed by atoms with Gasteiger partial charge in [-0.3, -0.25) is 4.79 Å². The van der Waals surface area contributed by atoms with Crippen LogP contribution >= 0.6 is 0 Å². The van der Waals surface area contributed by atoms with Crippen molar-refractivity contribution < 1.29 is 14.3 Å². The molecule has 0 amide bonds. The van der Waals surface area contributed by atoms with E-state index in [-0.39, 0.29) is 11.9 Å². The fraction of sp³-hybridized carbons (Fsp3) is 0.417. The summed E-state index contributed by atoms with van der Waals surface area (Å²) < 4.78 is 13.1. The highest BCUT2D eigenvalue weighted by molar-refractivity contribution is 5.70. The first-order chi connectivity index (χ1) is 7.47. The number of benzene rings is 1. The summed E-state index contributed by atoms with van der Waals surface area (Å²) >= 11 is 0. The minimum absolute atomic E-state index is 0.276. The predicted molar refractivity (Wildman–Crippen MR) is 59.7 cm³/mol. The van der Waals surface area contributed by atoms with Gasteiger partial charge in [0.1, 0.15) is 5.82 Å². The van der Waals surface area contributed by atoms with Crippen molar-refractivity contribution in [1.29, 1.82) is 0 Å². The third kappa shape index (κ3) is 2.58. The molecule has 0 saturated heterocycles. The summed E-state index contributed by atoms with van der Waals surface area (Å²) in [5.41, 5.74) is 1.31. The van der Waals surface area contributed by atoms with Crippen LogP contribution in [0.25, 0.3) is 0 Å². The van der Waals surface area contributed by atoms with E-state index >= 15 is 0 Å². The molecule has 0 spiro atoms. The second-order valence-electron chi connectivity index (χ2n) is 3.90. The Hall–Kier alpha value is -1.42. The zero-order valence-electron chi connectivity index (χ0n) is 9.62. The van der Waals surface area contributed by atoms with Crippen LogP contribution in [-0.4, -0.2) is 18.1 Å². The van der Waals surface area contributed by atoms with Gasteiger partial charge in [0.2, 0.25) is 0 Å². The molecule has 2 unspecified atom stereocenters. The van der Waals surface area contributed by atoms with Gasteiger partial charge in [0.05, 0.1) is 5.92 Å². The molecule has 0 aliphatic carbocycles. The average Bonchev–Trinajstić information content (AvgIpc) is 2.24. The molecule has 0 aromatic heterocycles. The first kappa shape index (κ1) is 12.6. The maximum absolute atomic E-state index is 13.1. The van der Waals surface area contributed by atoms with Crippen LogP contribution in [0, 0.1) is 18.7 Å². The van der Waals surface area contributed by atoms with E-state index in [0.29, 0.717) is 5.56 Å². The summed E-state index contributed by atoms with van der Waals surface area (Å²) in [5.74, 6) is -1.71. The highest BCUT2D eigenvalue weighted by atomic mass is 19.1. The van der Waals surface area contributed by atoms with Gasteiger partial charge >= 0.3 is 5.97 Å². The van der Waals surface area contributed by atoms with Crippen molar-refractivity contribution in [2.75, 3.05) is 7.05 Å². The number of aliphatic carboxylic acids is 1. The molecule has 0 fully saturated rings. The Kier molecular flexibility index (Phi) is 4.01. The molecule has 2 atom stereocenters. The summed E-state index contributed by atoms with van der Waals surface area (Å²) in [6.45, 7) is 3.29. The molecule has 3 nitrogen and oxygen atoms in total. The van der Waals surface area contributed by atoms with Crippen LogP contribution in [0.4, 0.5) is 4.39 Å². The second kappa shape index (κ2) is 5.07. The number of carboxylic acid groups (broad SMARTS) is 1. The normalized spacial score (nSPS) is 14.5. The molecular weight excluding hydrogens is 209 g/mol. The SMILES string of the molecule is CNC(c1ccc(F)c(C)c1)C(C)C(=O)O. The van der Waals surface area contributed by atoms with E-state index in [9.17, 15) is 9.18 Å². The van der Waals surface area contributed by atoms with Crippen LogP contribution in [0.15, 0.2) is 18.2 Å². The summed E-state index contributed by atoms with van der Waals surface area (Å²) in [6.07, 6.45) is 0. The van der Waals surface area contributed by atoms with Gasteiger partial charge in [-0.1, -0.05) is 19.1 Å². The van der Waals surface area contributed by atoms with Gasteiger partial charge in [0.15, 0.2) is 0 Å². The van der Waals surface area contributed by atoms with Gasteiger partial charge in [-0.25, -0.2) is 4.39 Å². The lowest BCUT2D eigenvalue weighted by molar-refractivity contribution is -0.142. The van der Waals surface area contributed by atoms with Crippen molar-refractivity contribution in [3.63, 3.8) is 0 Å². The van der Waals surface area contributed by atoms with Crippen LogP contribution in [0.5, 0.6) is 0 Å². The Morgan fingerprint density at radius 1 is 1.50 bits per heavy atom. The molecule has 1 rings (SSSR count). The molecule has 1 aromatic carbocycles. The summed E-state index contributed by atoms with van der Waals surface area (Å²) in [7, 11) is 1.70. The predicted octanol–water partition coefficient (Wildman–Crippen LogP) is 2.12. The van der Waals surface area contributed by atoms with Crippen molar-refractivity contribution >= 4 is 5.97 Å². The number of aryl methyl sites for hydroxylation is 1. The number of hydrogen-bond acceptors (Lipinski definition) is 2. The molecule has 0 aliphatic rings. The molecule has 88 valence electrons. The third-order valence-corrected chi connectivity index (χ3v) is 2.74. The molecule has 0 radical (unpaired) electrons. The van der Waals surface area contributed by atoms with Gasteiger partial charge in [0, 0.05) is 6.04 Å². The van der Waals surface area contributed by atoms with Crippen molar-refractivity contribution in [3.05, 3.63) is 35.1 Å². The largest absolute Gasteiger partial charge is 0.481 e. The average molecular weight is 225 g/mol. The van der Waals surface area contributed by atoms with Crippen LogP contribution in [-0.2, 0) is 4.79 Å². The summed E-state index contributed by atoms with van der Waals surface area (Å²) in [6, 6.07) is 4.35. The first-order valence-corrected chi connectivity index (χ1v) is 5.13. The molecule has 0 heterocycles. The highest BCUT2D eigenvalue weighted by Crippen LogP contribution is 2.23. The number of carbonyl (C=O) groups is 1. The van der Waals surface area contributed by atoms with Gasteiger partial charge < -0.3 is 10.4 Å². The molecule has 0 bridgehead atoms. The van der Waals surface area contributed by atoms with Crippen LogP contribution in [0.1, 0.15) is 24.1 Å². The number of halogens is 1. The zero-order valence-corrected chi connectivity index (χ0v) is 9.62. The van der Waals surface area contributed by atoms with E-state index in [1.165, 1.54) is 6.07 Å². The van der Waals surface area contributed by atoms with Gasteiger partial charge in [0.25, 0.3) is 0 Å². The molecular formula is C12H16FNO2. The van der Waals surface area contributed by atoms with Crippen LogP contribution < -0.4 is 5.32 Å². The standard InChI is InChI=1S/C12H16FNO2/c1-7-6-9(4-5-10(7)13)11(14-3)8(2)12(15)16/h4-6,8,11,14H,1-3H3,(H,15,16). The van der Waals surface area contributed by atoms with E-state index in [2.05, 4.69) is 5.32 Å². The molecule has 16 heavy (non-hydrogen) atoms. The fourth-order valence-electron chi connectivity index (χ4n) is 1.71. The molecule has 4 heteroatoms. The Labute approximate surface area is 94.3 Å². The minimum Gasteiger partial charge on any atom is -0.481 e. The quantitative estimate of drug-likeness (QED) is 0.825. The molecule has 2 N–H and O–H groups in total. The van der Waals surface area contributed by atoms with Crippen molar-refractivity contribution in [2.45, 2.75) is 19.9 Å². The maximum Gasteiger partial charge on any atom is 0.308 e. The zero-order chi connectivity index (χ0) is 12.3. The van der Waals surface area contributed by atoms with Crippen molar-refractivity contribution in [1.82, 2.24) is 5.32 Å². The Balaban J connectivity index is 3.04. The monoisotopic (exact) mass is 225 g/mol. The van der Waals surface area contributed by atoms with E-state index in [1.54, 1.807) is 33.0 Å².